The van der Waals surface area contributed by atoms with Gasteiger partial charge in [0.05, 0.1) is 49.8 Å². The molecule has 0 aromatic carbocycles. The van der Waals surface area contributed by atoms with E-state index >= 15 is 0 Å². The molecule has 8 nitrogen and oxygen atoms in total. The standard InChI is InChI=1S/C19H23N5O3/c1-14-10-22-16(11-21-14)12-23-18(25)9-17-13-27-7-6-24(17)19(26)8-15-2-4-20-5-3-15/h2-5,10-11,17H,6-9,12-13H2,1H3,(H,23,25). The van der Waals surface area contributed by atoms with Crippen molar-refractivity contribution in [1.82, 2.24) is 25.2 Å². The Morgan fingerprint density at radius 2 is 2.07 bits per heavy atom. The zero-order valence-corrected chi connectivity index (χ0v) is 15.3. The normalized spacial score (nSPS) is 16.8. The van der Waals surface area contributed by atoms with E-state index in [9.17, 15) is 9.59 Å². The summed E-state index contributed by atoms with van der Waals surface area (Å²) in [5.74, 6) is -0.152. The largest absolute Gasteiger partial charge is 0.377 e. The number of rotatable bonds is 6. The number of ether oxygens (including phenoxy) is 1. The van der Waals surface area contributed by atoms with Crippen LogP contribution in [0.2, 0.25) is 0 Å². The van der Waals surface area contributed by atoms with Gasteiger partial charge < -0.3 is 15.0 Å². The lowest BCUT2D eigenvalue weighted by molar-refractivity contribution is -0.141. The molecule has 27 heavy (non-hydrogen) atoms. The van der Waals surface area contributed by atoms with Gasteiger partial charge >= 0.3 is 0 Å². The molecule has 1 fully saturated rings. The first-order valence-corrected chi connectivity index (χ1v) is 8.92. The Hall–Kier alpha value is -2.87. The number of aromatic nitrogens is 3. The van der Waals surface area contributed by atoms with Crippen molar-refractivity contribution in [2.24, 2.45) is 0 Å². The second-order valence-corrected chi connectivity index (χ2v) is 6.48. The van der Waals surface area contributed by atoms with Crippen LogP contribution in [0.25, 0.3) is 0 Å². The molecule has 1 aliphatic heterocycles. The fourth-order valence-corrected chi connectivity index (χ4v) is 2.92. The van der Waals surface area contributed by atoms with Crippen molar-refractivity contribution in [3.63, 3.8) is 0 Å². The SMILES string of the molecule is Cc1cnc(CNC(=O)CC2COCCN2C(=O)Cc2ccncc2)cn1. The fourth-order valence-electron chi connectivity index (χ4n) is 2.92. The summed E-state index contributed by atoms with van der Waals surface area (Å²) >= 11 is 0. The van der Waals surface area contributed by atoms with Gasteiger partial charge in [-0.15, -0.1) is 0 Å². The summed E-state index contributed by atoms with van der Waals surface area (Å²) in [6.45, 7) is 3.50. The van der Waals surface area contributed by atoms with Gasteiger partial charge in [-0.25, -0.2) is 0 Å². The van der Waals surface area contributed by atoms with Crippen molar-refractivity contribution in [1.29, 1.82) is 0 Å². The van der Waals surface area contributed by atoms with Crippen LogP contribution >= 0.6 is 0 Å². The summed E-state index contributed by atoms with van der Waals surface area (Å²) in [4.78, 5) is 39.1. The van der Waals surface area contributed by atoms with E-state index in [0.717, 1.165) is 11.3 Å². The van der Waals surface area contributed by atoms with E-state index in [0.29, 0.717) is 38.4 Å². The second kappa shape index (κ2) is 9.18. The van der Waals surface area contributed by atoms with Gasteiger partial charge in [0, 0.05) is 31.6 Å². The highest BCUT2D eigenvalue weighted by atomic mass is 16.5. The van der Waals surface area contributed by atoms with Gasteiger partial charge in [0.2, 0.25) is 11.8 Å². The lowest BCUT2D eigenvalue weighted by Crippen LogP contribution is -2.51. The zero-order chi connectivity index (χ0) is 19.1. The summed E-state index contributed by atoms with van der Waals surface area (Å²) in [5, 5.41) is 2.83. The Balaban J connectivity index is 1.54. The van der Waals surface area contributed by atoms with Gasteiger partial charge in [-0.2, -0.15) is 0 Å². The second-order valence-electron chi connectivity index (χ2n) is 6.48. The number of carbonyl (C=O) groups is 2. The molecule has 8 heteroatoms. The molecule has 3 rings (SSSR count). The Morgan fingerprint density at radius 1 is 1.26 bits per heavy atom. The van der Waals surface area contributed by atoms with Gasteiger partial charge in [-0.05, 0) is 24.6 Å². The average Bonchev–Trinajstić information content (AvgIpc) is 2.69. The third-order valence-electron chi connectivity index (χ3n) is 4.37. The Bertz CT molecular complexity index is 767. The Kier molecular flexibility index (Phi) is 6.43. The number of nitrogens with one attached hydrogen (secondary N) is 1. The lowest BCUT2D eigenvalue weighted by atomic mass is 10.1. The molecule has 0 bridgehead atoms. The van der Waals surface area contributed by atoms with Crippen LogP contribution in [0, 0.1) is 6.92 Å². The molecule has 0 radical (unpaired) electrons. The minimum Gasteiger partial charge on any atom is -0.377 e. The molecule has 1 N–H and O–H groups in total. The van der Waals surface area contributed by atoms with Gasteiger partial charge in [0.1, 0.15) is 0 Å². The zero-order valence-electron chi connectivity index (χ0n) is 15.3. The molecule has 2 aromatic rings. The molecular formula is C19H23N5O3. The lowest BCUT2D eigenvalue weighted by Gasteiger charge is -2.35. The summed E-state index contributed by atoms with van der Waals surface area (Å²) < 4.78 is 5.48. The molecule has 1 saturated heterocycles. The Morgan fingerprint density at radius 3 is 2.81 bits per heavy atom. The quantitative estimate of drug-likeness (QED) is 0.803. The molecule has 142 valence electrons. The predicted octanol–water partition coefficient (Wildman–Crippen LogP) is 0.656. The van der Waals surface area contributed by atoms with Crippen LogP contribution in [0.3, 0.4) is 0 Å². The maximum absolute atomic E-state index is 12.7. The highest BCUT2D eigenvalue weighted by molar-refractivity contribution is 5.81. The van der Waals surface area contributed by atoms with Crippen LogP contribution in [0.1, 0.15) is 23.4 Å². The molecule has 0 aliphatic carbocycles. The molecule has 0 saturated carbocycles. The van der Waals surface area contributed by atoms with E-state index in [-0.39, 0.29) is 24.3 Å². The van der Waals surface area contributed by atoms with Crippen molar-refractivity contribution >= 4 is 11.8 Å². The third-order valence-corrected chi connectivity index (χ3v) is 4.37. The maximum atomic E-state index is 12.7. The third kappa shape index (κ3) is 5.55. The number of amides is 2. The highest BCUT2D eigenvalue weighted by Crippen LogP contribution is 2.13. The maximum Gasteiger partial charge on any atom is 0.227 e. The minimum absolute atomic E-state index is 0.00768. The van der Waals surface area contributed by atoms with E-state index in [2.05, 4.69) is 20.3 Å². The van der Waals surface area contributed by atoms with E-state index in [1.165, 1.54) is 0 Å². The minimum atomic E-state index is -0.266. The predicted molar refractivity (Wildman–Crippen MR) is 97.5 cm³/mol. The number of carbonyl (C=O) groups excluding carboxylic acids is 2. The number of morpholine rings is 1. The molecule has 0 spiro atoms. The summed E-state index contributed by atoms with van der Waals surface area (Å²) in [7, 11) is 0. The number of hydrogen-bond donors (Lipinski definition) is 1. The fraction of sp³-hybridized carbons (Fsp3) is 0.421. The van der Waals surface area contributed by atoms with Crippen LogP contribution < -0.4 is 5.32 Å². The summed E-state index contributed by atoms with van der Waals surface area (Å²) in [6, 6.07) is 3.38. The van der Waals surface area contributed by atoms with Crippen LogP contribution in [0.4, 0.5) is 0 Å². The van der Waals surface area contributed by atoms with Crippen LogP contribution in [0.15, 0.2) is 36.9 Å². The van der Waals surface area contributed by atoms with Crippen LogP contribution in [0.5, 0.6) is 0 Å². The number of hydrogen-bond acceptors (Lipinski definition) is 6. The average molecular weight is 369 g/mol. The van der Waals surface area contributed by atoms with E-state index < -0.39 is 0 Å². The molecule has 2 aromatic heterocycles. The van der Waals surface area contributed by atoms with Crippen molar-refractivity contribution in [2.45, 2.75) is 32.4 Å². The molecule has 1 atom stereocenters. The van der Waals surface area contributed by atoms with Gasteiger partial charge in [0.25, 0.3) is 0 Å². The molecule has 2 amide bonds. The van der Waals surface area contributed by atoms with Gasteiger partial charge in [0.15, 0.2) is 0 Å². The Labute approximate surface area is 158 Å². The van der Waals surface area contributed by atoms with Crippen LogP contribution in [-0.2, 0) is 27.3 Å². The highest BCUT2D eigenvalue weighted by Gasteiger charge is 2.29. The van der Waals surface area contributed by atoms with Gasteiger partial charge in [-0.3, -0.25) is 24.5 Å². The van der Waals surface area contributed by atoms with Crippen molar-refractivity contribution in [3.8, 4) is 0 Å². The first kappa shape index (κ1) is 18.9. The molecule has 1 unspecified atom stereocenters. The van der Waals surface area contributed by atoms with E-state index in [4.69, 9.17) is 4.74 Å². The van der Waals surface area contributed by atoms with Crippen molar-refractivity contribution in [2.75, 3.05) is 19.8 Å². The monoisotopic (exact) mass is 369 g/mol. The van der Waals surface area contributed by atoms with Crippen LogP contribution in [-0.4, -0.2) is 57.5 Å². The number of nitrogens with zero attached hydrogens (tertiary/aromatic N) is 4. The van der Waals surface area contributed by atoms with E-state index in [1.54, 1.807) is 29.7 Å². The molecule has 1 aliphatic rings. The smallest absolute Gasteiger partial charge is 0.227 e. The first-order valence-electron chi connectivity index (χ1n) is 8.92. The van der Waals surface area contributed by atoms with Gasteiger partial charge in [-0.1, -0.05) is 0 Å². The summed E-state index contributed by atoms with van der Waals surface area (Å²) in [6.07, 6.45) is 7.13. The van der Waals surface area contributed by atoms with Crippen molar-refractivity contribution in [3.05, 3.63) is 53.9 Å². The number of pyridine rings is 1. The first-order chi connectivity index (χ1) is 13.1. The van der Waals surface area contributed by atoms with Crippen molar-refractivity contribution < 1.29 is 14.3 Å². The number of aryl methyl sites for hydroxylation is 1. The summed E-state index contributed by atoms with van der Waals surface area (Å²) in [5.41, 5.74) is 2.43. The van der Waals surface area contributed by atoms with E-state index in [1.807, 2.05) is 19.1 Å². The molecular weight excluding hydrogens is 346 g/mol. The molecule has 3 heterocycles. The topological polar surface area (TPSA) is 97.3 Å².